The number of rotatable bonds is 2. The van der Waals surface area contributed by atoms with Crippen molar-refractivity contribution < 1.29 is 9.50 Å². The molecule has 82 valence electrons. The van der Waals surface area contributed by atoms with Crippen molar-refractivity contribution in [1.82, 2.24) is 4.98 Å². The zero-order chi connectivity index (χ0) is 11.5. The van der Waals surface area contributed by atoms with Crippen LogP contribution in [0.15, 0.2) is 42.7 Å². The number of hydrogen-bond acceptors (Lipinski definition) is 2. The summed E-state index contributed by atoms with van der Waals surface area (Å²) in [5.41, 5.74) is 2.21. The number of hydrogen-bond donors (Lipinski definition) is 1. The topological polar surface area (TPSA) is 33.1 Å². The van der Waals surface area contributed by atoms with Gasteiger partial charge < -0.3 is 5.11 Å². The van der Waals surface area contributed by atoms with Crippen LogP contribution in [0.4, 0.5) is 4.39 Å². The van der Waals surface area contributed by atoms with Crippen LogP contribution < -0.4 is 0 Å². The Hall–Kier alpha value is -1.74. The van der Waals surface area contributed by atoms with Crippen LogP contribution in [0.2, 0.25) is 0 Å². The van der Waals surface area contributed by atoms with E-state index in [0.29, 0.717) is 5.56 Å². The molecule has 0 saturated heterocycles. The first kappa shape index (κ1) is 10.8. The minimum Gasteiger partial charge on any atom is -0.384 e. The highest BCUT2D eigenvalue weighted by atomic mass is 19.1. The third-order valence-electron chi connectivity index (χ3n) is 2.55. The van der Waals surface area contributed by atoms with E-state index >= 15 is 0 Å². The first-order valence-corrected chi connectivity index (χ1v) is 5.02. The normalized spacial score (nSPS) is 12.4. The first-order valence-electron chi connectivity index (χ1n) is 5.02. The zero-order valence-corrected chi connectivity index (χ0v) is 8.89. The average molecular weight is 217 g/mol. The molecule has 3 heteroatoms. The fourth-order valence-corrected chi connectivity index (χ4v) is 1.67. The van der Waals surface area contributed by atoms with Crippen LogP contribution in [-0.4, -0.2) is 10.1 Å². The van der Waals surface area contributed by atoms with Crippen LogP contribution in [-0.2, 0) is 0 Å². The van der Waals surface area contributed by atoms with Gasteiger partial charge in [-0.15, -0.1) is 0 Å². The number of pyridine rings is 1. The maximum Gasteiger partial charge on any atom is 0.123 e. The van der Waals surface area contributed by atoms with Crippen molar-refractivity contribution in [3.8, 4) is 0 Å². The molecule has 1 heterocycles. The molecule has 2 aromatic rings. The molecule has 0 aliphatic carbocycles. The van der Waals surface area contributed by atoms with Crippen LogP contribution in [0, 0.1) is 12.7 Å². The molecule has 1 N–H and O–H groups in total. The summed E-state index contributed by atoms with van der Waals surface area (Å²) in [4.78, 5) is 3.89. The van der Waals surface area contributed by atoms with Gasteiger partial charge in [-0.25, -0.2) is 4.39 Å². The highest BCUT2D eigenvalue weighted by Gasteiger charge is 2.12. The fourth-order valence-electron chi connectivity index (χ4n) is 1.67. The molecule has 1 aromatic heterocycles. The average Bonchev–Trinajstić information content (AvgIpc) is 2.29. The van der Waals surface area contributed by atoms with Gasteiger partial charge in [0.1, 0.15) is 11.9 Å². The van der Waals surface area contributed by atoms with Crippen molar-refractivity contribution in [3.05, 3.63) is 65.2 Å². The number of nitrogens with zero attached hydrogens (tertiary/aromatic N) is 1. The summed E-state index contributed by atoms with van der Waals surface area (Å²) >= 11 is 0. The molecule has 0 bridgehead atoms. The van der Waals surface area contributed by atoms with Gasteiger partial charge in [0.2, 0.25) is 0 Å². The third kappa shape index (κ3) is 2.09. The van der Waals surface area contributed by atoms with Crippen LogP contribution in [0.5, 0.6) is 0 Å². The summed E-state index contributed by atoms with van der Waals surface area (Å²) in [6, 6.07) is 7.86. The Bertz CT molecular complexity index is 485. The fraction of sp³-hybridized carbons (Fsp3) is 0.154. The van der Waals surface area contributed by atoms with Crippen LogP contribution in [0.3, 0.4) is 0 Å². The van der Waals surface area contributed by atoms with E-state index in [1.807, 2.05) is 0 Å². The lowest BCUT2D eigenvalue weighted by Gasteiger charge is -2.13. The second-order valence-electron chi connectivity index (χ2n) is 3.68. The Balaban J connectivity index is 2.38. The lowest BCUT2D eigenvalue weighted by atomic mass is 9.98. The van der Waals surface area contributed by atoms with E-state index in [2.05, 4.69) is 4.98 Å². The number of aromatic nitrogens is 1. The molecule has 2 rings (SSSR count). The Labute approximate surface area is 93.4 Å². The minimum absolute atomic E-state index is 0.289. The van der Waals surface area contributed by atoms with Crippen molar-refractivity contribution in [2.75, 3.05) is 0 Å². The number of aryl methyl sites for hydroxylation is 1. The first-order chi connectivity index (χ1) is 7.68. The van der Waals surface area contributed by atoms with Crippen LogP contribution in [0.25, 0.3) is 0 Å². The van der Waals surface area contributed by atoms with Crippen LogP contribution in [0.1, 0.15) is 22.8 Å². The summed E-state index contributed by atoms with van der Waals surface area (Å²) in [5, 5.41) is 10.1. The summed E-state index contributed by atoms with van der Waals surface area (Å²) in [6.45, 7) is 1.78. The molecule has 0 amide bonds. The van der Waals surface area contributed by atoms with E-state index in [4.69, 9.17) is 0 Å². The predicted octanol–water partition coefficient (Wildman–Crippen LogP) is 2.61. The maximum atomic E-state index is 12.9. The number of aliphatic hydroxyl groups is 1. The Kier molecular flexibility index (Phi) is 2.97. The van der Waals surface area contributed by atoms with Crippen molar-refractivity contribution in [1.29, 1.82) is 0 Å². The van der Waals surface area contributed by atoms with E-state index in [0.717, 1.165) is 11.1 Å². The molecular formula is C13H12FNO. The zero-order valence-electron chi connectivity index (χ0n) is 8.89. The molecule has 0 spiro atoms. The second-order valence-corrected chi connectivity index (χ2v) is 3.68. The number of aliphatic hydroxyl groups excluding tert-OH is 1. The van der Waals surface area contributed by atoms with Crippen molar-refractivity contribution in [3.63, 3.8) is 0 Å². The van der Waals surface area contributed by atoms with Gasteiger partial charge in [0.15, 0.2) is 0 Å². The summed E-state index contributed by atoms with van der Waals surface area (Å²) in [5.74, 6) is -0.289. The molecule has 1 atom stereocenters. The number of benzene rings is 1. The van der Waals surface area contributed by atoms with Gasteiger partial charge in [-0.2, -0.15) is 0 Å². The summed E-state index contributed by atoms with van der Waals surface area (Å²) in [7, 11) is 0. The molecule has 1 unspecified atom stereocenters. The van der Waals surface area contributed by atoms with Gasteiger partial charge in [-0.05, 0) is 47.9 Å². The highest BCUT2D eigenvalue weighted by molar-refractivity contribution is 5.34. The SMILES string of the molecule is Cc1cc(F)ccc1C(O)c1ccncc1. The van der Waals surface area contributed by atoms with E-state index in [-0.39, 0.29) is 5.82 Å². The van der Waals surface area contributed by atoms with Gasteiger partial charge in [-0.1, -0.05) is 6.07 Å². The van der Waals surface area contributed by atoms with Gasteiger partial charge in [0, 0.05) is 12.4 Å². The summed E-state index contributed by atoms with van der Waals surface area (Å²) < 4.78 is 12.9. The molecular weight excluding hydrogens is 205 g/mol. The monoisotopic (exact) mass is 217 g/mol. The molecule has 0 fully saturated rings. The third-order valence-corrected chi connectivity index (χ3v) is 2.55. The molecule has 16 heavy (non-hydrogen) atoms. The second kappa shape index (κ2) is 4.41. The maximum absolute atomic E-state index is 12.9. The van der Waals surface area contributed by atoms with Crippen molar-refractivity contribution in [2.45, 2.75) is 13.0 Å². The predicted molar refractivity (Wildman–Crippen MR) is 59.4 cm³/mol. The lowest BCUT2D eigenvalue weighted by molar-refractivity contribution is 0.219. The minimum atomic E-state index is -0.733. The van der Waals surface area contributed by atoms with Gasteiger partial charge in [0.25, 0.3) is 0 Å². The molecule has 0 aliphatic heterocycles. The standard InChI is InChI=1S/C13H12FNO/c1-9-8-11(14)2-3-12(9)13(16)10-4-6-15-7-5-10/h2-8,13,16H,1H3. The van der Waals surface area contributed by atoms with Gasteiger partial charge >= 0.3 is 0 Å². The van der Waals surface area contributed by atoms with Gasteiger partial charge in [-0.3, -0.25) is 4.98 Å². The molecule has 0 saturated carbocycles. The van der Waals surface area contributed by atoms with Crippen molar-refractivity contribution >= 4 is 0 Å². The lowest BCUT2D eigenvalue weighted by Crippen LogP contribution is -2.02. The Morgan fingerprint density at radius 2 is 1.88 bits per heavy atom. The summed E-state index contributed by atoms with van der Waals surface area (Å²) in [6.07, 6.45) is 2.51. The number of halogens is 1. The Morgan fingerprint density at radius 3 is 2.50 bits per heavy atom. The van der Waals surface area contributed by atoms with E-state index in [1.54, 1.807) is 37.5 Å². The van der Waals surface area contributed by atoms with E-state index in [1.165, 1.54) is 12.1 Å². The van der Waals surface area contributed by atoms with Gasteiger partial charge in [0.05, 0.1) is 0 Å². The molecule has 1 aromatic carbocycles. The molecule has 2 nitrogen and oxygen atoms in total. The largest absolute Gasteiger partial charge is 0.384 e. The Morgan fingerprint density at radius 1 is 1.19 bits per heavy atom. The van der Waals surface area contributed by atoms with E-state index in [9.17, 15) is 9.50 Å². The highest BCUT2D eigenvalue weighted by Crippen LogP contribution is 2.24. The quantitative estimate of drug-likeness (QED) is 0.838. The smallest absolute Gasteiger partial charge is 0.123 e. The molecule has 0 aliphatic rings. The molecule has 0 radical (unpaired) electrons. The van der Waals surface area contributed by atoms with Crippen LogP contribution >= 0.6 is 0 Å². The van der Waals surface area contributed by atoms with Crippen molar-refractivity contribution in [2.24, 2.45) is 0 Å². The van der Waals surface area contributed by atoms with E-state index < -0.39 is 6.10 Å².